The van der Waals surface area contributed by atoms with Gasteiger partial charge in [0.15, 0.2) is 0 Å². The second-order valence-electron chi connectivity index (χ2n) is 8.41. The van der Waals surface area contributed by atoms with E-state index in [4.69, 9.17) is 4.74 Å². The van der Waals surface area contributed by atoms with E-state index in [-0.39, 0.29) is 17.9 Å². The highest BCUT2D eigenvalue weighted by Crippen LogP contribution is 2.28. The molecule has 0 spiro atoms. The van der Waals surface area contributed by atoms with E-state index in [1.54, 1.807) is 4.90 Å². The van der Waals surface area contributed by atoms with Crippen LogP contribution in [-0.2, 0) is 22.4 Å². The molecular formula is C25H30N2O4. The van der Waals surface area contributed by atoms with Gasteiger partial charge in [-0.1, -0.05) is 30.3 Å². The number of benzene rings is 2. The van der Waals surface area contributed by atoms with Crippen molar-refractivity contribution in [3.05, 3.63) is 59.7 Å². The lowest BCUT2D eigenvalue weighted by atomic mass is 10.0. The largest absolute Gasteiger partial charge is 0.488 e. The fraction of sp³-hybridized carbons (Fsp3) is 0.440. The molecule has 0 saturated carbocycles. The van der Waals surface area contributed by atoms with Crippen molar-refractivity contribution >= 4 is 17.5 Å². The number of hydrogen-bond donors (Lipinski definition) is 2. The van der Waals surface area contributed by atoms with Crippen LogP contribution in [0.15, 0.2) is 48.5 Å². The molecule has 1 fully saturated rings. The van der Waals surface area contributed by atoms with Gasteiger partial charge in [0, 0.05) is 31.5 Å². The molecule has 0 aromatic heterocycles. The number of aliphatic hydroxyl groups excluding tert-OH is 1. The van der Waals surface area contributed by atoms with Gasteiger partial charge < -0.3 is 20.1 Å². The minimum atomic E-state index is -0.710. The van der Waals surface area contributed by atoms with Crippen LogP contribution in [0.1, 0.15) is 43.2 Å². The molecule has 2 aromatic rings. The number of unbranched alkanes of at least 4 members (excludes halogenated alkanes) is 1. The van der Waals surface area contributed by atoms with E-state index in [0.717, 1.165) is 30.5 Å². The van der Waals surface area contributed by atoms with E-state index < -0.39 is 6.10 Å². The number of β-amino-alcohol motifs (C(OH)–C–C–N with tert-alkyl or cyclic N) is 1. The van der Waals surface area contributed by atoms with Crippen LogP contribution in [0.5, 0.6) is 5.75 Å². The summed E-state index contributed by atoms with van der Waals surface area (Å²) in [6.07, 6.45) is 4.06. The van der Waals surface area contributed by atoms with Gasteiger partial charge in [0.2, 0.25) is 11.8 Å². The molecule has 2 N–H and O–H groups in total. The summed E-state index contributed by atoms with van der Waals surface area (Å²) in [5.41, 5.74) is 3.18. The second-order valence-corrected chi connectivity index (χ2v) is 8.41. The molecule has 2 aromatic carbocycles. The number of amides is 2. The third-order valence-corrected chi connectivity index (χ3v) is 6.08. The highest BCUT2D eigenvalue weighted by Gasteiger charge is 2.31. The first-order chi connectivity index (χ1) is 15.1. The van der Waals surface area contributed by atoms with Crippen LogP contribution in [0, 0.1) is 0 Å². The molecule has 2 atom stereocenters. The fourth-order valence-corrected chi connectivity index (χ4v) is 4.29. The van der Waals surface area contributed by atoms with Crippen molar-refractivity contribution in [2.45, 2.75) is 57.2 Å². The maximum Gasteiger partial charge on any atom is 0.224 e. The number of likely N-dealkylation sites (tertiary alicyclic amines) is 1. The van der Waals surface area contributed by atoms with Crippen LogP contribution in [0.3, 0.4) is 0 Å². The van der Waals surface area contributed by atoms with E-state index in [9.17, 15) is 14.7 Å². The van der Waals surface area contributed by atoms with Gasteiger partial charge >= 0.3 is 0 Å². The summed E-state index contributed by atoms with van der Waals surface area (Å²) in [4.78, 5) is 25.8. The van der Waals surface area contributed by atoms with Gasteiger partial charge in [-0.3, -0.25) is 9.59 Å². The van der Waals surface area contributed by atoms with Gasteiger partial charge in [-0.25, -0.2) is 0 Å². The van der Waals surface area contributed by atoms with Crippen molar-refractivity contribution in [3.8, 4) is 5.75 Å². The minimum Gasteiger partial charge on any atom is -0.488 e. The first-order valence-corrected chi connectivity index (χ1v) is 11.2. The second kappa shape index (κ2) is 9.96. The topological polar surface area (TPSA) is 78.9 Å². The molecule has 2 aliphatic rings. The summed E-state index contributed by atoms with van der Waals surface area (Å²) in [6.45, 7) is 0.906. The standard InChI is InChI=1S/C25H30N2O4/c28-22-17-27(25(30)9-5-4-8-18-6-2-1-3-7-18)15-14-23(22)31-20-11-12-21-19(16-20)10-13-24(29)26-21/h1-3,6-7,11-12,16,22-23,28H,4-5,8-10,13-15,17H2,(H,26,29)/t22-,23-/m1/s1. The van der Waals surface area contributed by atoms with Crippen molar-refractivity contribution in [1.82, 2.24) is 4.90 Å². The molecule has 6 heteroatoms. The number of carbonyl (C=O) groups excluding carboxylic acids is 2. The van der Waals surface area contributed by atoms with Gasteiger partial charge in [-0.2, -0.15) is 0 Å². The predicted octanol–water partition coefficient (Wildman–Crippen LogP) is 3.32. The average Bonchev–Trinajstić information content (AvgIpc) is 2.78. The van der Waals surface area contributed by atoms with Crippen molar-refractivity contribution < 1.29 is 19.4 Å². The van der Waals surface area contributed by atoms with Crippen LogP contribution in [0.2, 0.25) is 0 Å². The van der Waals surface area contributed by atoms with Crippen molar-refractivity contribution in [3.63, 3.8) is 0 Å². The third kappa shape index (κ3) is 5.64. The van der Waals surface area contributed by atoms with Crippen molar-refractivity contribution in [2.75, 3.05) is 18.4 Å². The number of fused-ring (bicyclic) bond motifs is 1. The molecule has 0 radical (unpaired) electrons. The molecule has 0 bridgehead atoms. The van der Waals surface area contributed by atoms with E-state index in [0.29, 0.717) is 44.5 Å². The van der Waals surface area contributed by atoms with Gasteiger partial charge in [0.05, 0.1) is 6.54 Å². The Morgan fingerprint density at radius 3 is 2.77 bits per heavy atom. The molecule has 2 heterocycles. The molecule has 4 rings (SSSR count). The molecule has 0 aliphatic carbocycles. The quantitative estimate of drug-likeness (QED) is 0.671. The molecular weight excluding hydrogens is 392 g/mol. The van der Waals surface area contributed by atoms with Crippen LogP contribution < -0.4 is 10.1 Å². The number of nitrogens with one attached hydrogen (secondary N) is 1. The maximum atomic E-state index is 12.5. The number of aryl methyl sites for hydroxylation is 2. The van der Waals surface area contributed by atoms with Crippen LogP contribution in [-0.4, -0.2) is 47.1 Å². The number of anilines is 1. The summed E-state index contributed by atoms with van der Waals surface area (Å²) < 4.78 is 6.04. The van der Waals surface area contributed by atoms with Crippen LogP contribution >= 0.6 is 0 Å². The summed E-state index contributed by atoms with van der Waals surface area (Å²) in [7, 11) is 0. The van der Waals surface area contributed by atoms with Crippen LogP contribution in [0.4, 0.5) is 5.69 Å². The number of nitrogens with zero attached hydrogens (tertiary/aromatic N) is 1. The fourth-order valence-electron chi connectivity index (χ4n) is 4.29. The summed E-state index contributed by atoms with van der Waals surface area (Å²) in [5, 5.41) is 13.4. The summed E-state index contributed by atoms with van der Waals surface area (Å²) >= 11 is 0. The van der Waals surface area contributed by atoms with E-state index in [1.807, 2.05) is 36.4 Å². The van der Waals surface area contributed by atoms with Gasteiger partial charge in [-0.15, -0.1) is 0 Å². The lowest BCUT2D eigenvalue weighted by Crippen LogP contribution is -2.51. The minimum absolute atomic E-state index is 0.0358. The van der Waals surface area contributed by atoms with Crippen molar-refractivity contribution in [2.24, 2.45) is 0 Å². The smallest absolute Gasteiger partial charge is 0.224 e. The number of carbonyl (C=O) groups is 2. The Bertz CT molecular complexity index is 915. The lowest BCUT2D eigenvalue weighted by Gasteiger charge is -2.36. The SMILES string of the molecule is O=C1CCc2cc(O[C@@H]3CCN(C(=O)CCCCc4ccccc4)C[C@H]3O)ccc2N1. The zero-order chi connectivity index (χ0) is 21.6. The highest BCUT2D eigenvalue weighted by molar-refractivity contribution is 5.94. The Morgan fingerprint density at radius 2 is 1.97 bits per heavy atom. The number of piperidine rings is 1. The molecule has 2 amide bonds. The van der Waals surface area contributed by atoms with Gasteiger partial charge in [0.1, 0.15) is 18.0 Å². The molecule has 1 saturated heterocycles. The Balaban J connectivity index is 1.22. The van der Waals surface area contributed by atoms with Gasteiger partial charge in [0.25, 0.3) is 0 Å². The highest BCUT2D eigenvalue weighted by atomic mass is 16.5. The monoisotopic (exact) mass is 422 g/mol. The molecule has 2 aliphatic heterocycles. The number of aliphatic hydroxyl groups is 1. The van der Waals surface area contributed by atoms with Gasteiger partial charge in [-0.05, 0) is 55.0 Å². The zero-order valence-electron chi connectivity index (χ0n) is 17.8. The Kier molecular flexibility index (Phi) is 6.87. The molecule has 164 valence electrons. The van der Waals surface area contributed by atoms with E-state index in [2.05, 4.69) is 17.4 Å². The Morgan fingerprint density at radius 1 is 1.13 bits per heavy atom. The first-order valence-electron chi connectivity index (χ1n) is 11.2. The summed E-state index contributed by atoms with van der Waals surface area (Å²) in [5.74, 6) is 0.836. The first kappa shape index (κ1) is 21.4. The predicted molar refractivity (Wildman–Crippen MR) is 119 cm³/mol. The third-order valence-electron chi connectivity index (χ3n) is 6.08. The molecule has 31 heavy (non-hydrogen) atoms. The Hall–Kier alpha value is -2.86. The van der Waals surface area contributed by atoms with E-state index in [1.165, 1.54) is 5.56 Å². The normalized spacial score (nSPS) is 20.7. The number of ether oxygens (including phenoxy) is 1. The van der Waals surface area contributed by atoms with E-state index >= 15 is 0 Å². The summed E-state index contributed by atoms with van der Waals surface area (Å²) in [6, 6.07) is 15.9. The Labute approximate surface area is 183 Å². The zero-order valence-corrected chi connectivity index (χ0v) is 17.8. The van der Waals surface area contributed by atoms with Crippen molar-refractivity contribution in [1.29, 1.82) is 0 Å². The lowest BCUT2D eigenvalue weighted by molar-refractivity contribution is -0.137. The van der Waals surface area contributed by atoms with Crippen LogP contribution in [0.25, 0.3) is 0 Å². The maximum absolute atomic E-state index is 12.5. The molecule has 6 nitrogen and oxygen atoms in total. The average molecular weight is 423 g/mol. The number of rotatable bonds is 7. The molecule has 0 unspecified atom stereocenters. The number of hydrogen-bond acceptors (Lipinski definition) is 4.